The lowest BCUT2D eigenvalue weighted by molar-refractivity contribution is -0.158. The molecule has 0 saturated heterocycles. The molecule has 1 saturated carbocycles. The van der Waals surface area contributed by atoms with E-state index in [0.717, 1.165) is 25.7 Å². The molecule has 0 heterocycles. The van der Waals surface area contributed by atoms with Crippen LogP contribution in [0.3, 0.4) is 0 Å². The molecule has 0 unspecified atom stereocenters. The van der Waals surface area contributed by atoms with E-state index in [4.69, 9.17) is 4.74 Å². The van der Waals surface area contributed by atoms with Gasteiger partial charge in [0.1, 0.15) is 5.60 Å². The van der Waals surface area contributed by atoms with Crippen molar-refractivity contribution in [1.82, 2.24) is 9.80 Å². The molecule has 0 amide bonds. The summed E-state index contributed by atoms with van der Waals surface area (Å²) < 4.78 is 5.64. The van der Waals surface area contributed by atoms with Gasteiger partial charge < -0.3 is 4.74 Å². The molecule has 0 N–H and O–H groups in total. The first-order valence-electron chi connectivity index (χ1n) is 11.3. The van der Waals surface area contributed by atoms with Gasteiger partial charge in [-0.2, -0.15) is 0 Å². The van der Waals surface area contributed by atoms with E-state index >= 15 is 0 Å². The second-order valence-electron chi connectivity index (χ2n) is 10.1. The van der Waals surface area contributed by atoms with Crippen molar-refractivity contribution in [1.29, 1.82) is 0 Å². The van der Waals surface area contributed by atoms with E-state index in [1.807, 2.05) is 20.8 Å². The summed E-state index contributed by atoms with van der Waals surface area (Å²) in [4.78, 5) is 17.3. The smallest absolute Gasteiger partial charge is 0.320 e. The van der Waals surface area contributed by atoms with E-state index in [2.05, 4.69) is 91.6 Å². The summed E-state index contributed by atoms with van der Waals surface area (Å²) in [6.07, 6.45) is 4.00. The van der Waals surface area contributed by atoms with Gasteiger partial charge in [0, 0.05) is 11.1 Å². The molecule has 2 aromatic rings. The Balaban J connectivity index is 1.91. The van der Waals surface area contributed by atoms with Gasteiger partial charge in [-0.05, 0) is 78.7 Å². The quantitative estimate of drug-likeness (QED) is 0.600. The largest absolute Gasteiger partial charge is 0.459 e. The molecule has 3 rings (SSSR count). The maximum Gasteiger partial charge on any atom is 0.320 e. The van der Waals surface area contributed by atoms with Crippen molar-refractivity contribution >= 4 is 5.97 Å². The van der Waals surface area contributed by atoms with Crippen LogP contribution in [-0.2, 0) is 20.6 Å². The molecule has 4 heteroatoms. The number of hydrogen-bond donors (Lipinski definition) is 0. The van der Waals surface area contributed by atoms with E-state index in [1.54, 1.807) is 0 Å². The van der Waals surface area contributed by atoms with Gasteiger partial charge in [0.05, 0.1) is 6.54 Å². The number of rotatable bonds is 6. The van der Waals surface area contributed by atoms with Crippen LogP contribution in [0.5, 0.6) is 0 Å². The highest BCUT2D eigenvalue weighted by Gasteiger charge is 2.48. The van der Waals surface area contributed by atoms with E-state index in [9.17, 15) is 4.79 Å². The second kappa shape index (κ2) is 9.13. The highest BCUT2D eigenvalue weighted by molar-refractivity contribution is 5.72. The second-order valence-corrected chi connectivity index (χ2v) is 10.1. The molecule has 0 atom stereocenters. The SMILES string of the molecule is CN(C)C1(c2ccccc2)CCC(c2ccccc2)(N(C)CC(=O)OC(C)(C)C)CC1. The third kappa shape index (κ3) is 5.02. The summed E-state index contributed by atoms with van der Waals surface area (Å²) in [6.45, 7) is 6.05. The van der Waals surface area contributed by atoms with E-state index in [0.29, 0.717) is 0 Å². The highest BCUT2D eigenvalue weighted by atomic mass is 16.6. The van der Waals surface area contributed by atoms with Crippen molar-refractivity contribution in [3.8, 4) is 0 Å². The molecular formula is C27H38N2O2. The summed E-state index contributed by atoms with van der Waals surface area (Å²) >= 11 is 0. The number of carbonyl (C=O) groups excluding carboxylic acids is 1. The Hall–Kier alpha value is -2.17. The van der Waals surface area contributed by atoms with Crippen LogP contribution in [0, 0.1) is 0 Å². The monoisotopic (exact) mass is 422 g/mol. The van der Waals surface area contributed by atoms with Crippen LogP contribution in [0.4, 0.5) is 0 Å². The molecule has 0 aromatic heterocycles. The zero-order chi connectivity index (χ0) is 22.7. The van der Waals surface area contributed by atoms with Gasteiger partial charge in [0.15, 0.2) is 0 Å². The van der Waals surface area contributed by atoms with Crippen LogP contribution in [0.15, 0.2) is 60.7 Å². The highest BCUT2D eigenvalue weighted by Crippen LogP contribution is 2.50. The summed E-state index contributed by atoms with van der Waals surface area (Å²) in [6, 6.07) is 21.5. The van der Waals surface area contributed by atoms with Crippen molar-refractivity contribution in [2.24, 2.45) is 0 Å². The number of carbonyl (C=O) groups is 1. The van der Waals surface area contributed by atoms with Gasteiger partial charge in [-0.15, -0.1) is 0 Å². The fourth-order valence-electron chi connectivity index (χ4n) is 5.18. The molecule has 31 heavy (non-hydrogen) atoms. The molecule has 0 spiro atoms. The number of likely N-dealkylation sites (N-methyl/N-ethyl adjacent to an activating group) is 1. The Bertz CT molecular complexity index is 848. The Morgan fingerprint density at radius 2 is 1.23 bits per heavy atom. The molecule has 1 aliphatic carbocycles. The first-order valence-corrected chi connectivity index (χ1v) is 11.3. The molecule has 1 fully saturated rings. The Labute approximate surface area is 188 Å². The topological polar surface area (TPSA) is 32.8 Å². The predicted octanol–water partition coefficient (Wildman–Crippen LogP) is 5.19. The normalized spacial score (nSPS) is 24.4. The molecule has 1 aliphatic rings. The number of nitrogens with zero attached hydrogens (tertiary/aromatic N) is 2. The zero-order valence-electron chi connectivity index (χ0n) is 20.0. The summed E-state index contributed by atoms with van der Waals surface area (Å²) in [5, 5.41) is 0. The molecule has 4 nitrogen and oxygen atoms in total. The lowest BCUT2D eigenvalue weighted by atomic mass is 9.66. The summed E-state index contributed by atoms with van der Waals surface area (Å²) in [5.41, 5.74) is 1.99. The first kappa shape index (κ1) is 23.5. The van der Waals surface area contributed by atoms with Gasteiger partial charge in [-0.3, -0.25) is 14.6 Å². The fourth-order valence-corrected chi connectivity index (χ4v) is 5.18. The van der Waals surface area contributed by atoms with Crippen LogP contribution < -0.4 is 0 Å². The van der Waals surface area contributed by atoms with Crippen molar-refractivity contribution in [3.63, 3.8) is 0 Å². The molecular weight excluding hydrogens is 384 g/mol. The molecule has 0 aliphatic heterocycles. The minimum absolute atomic E-state index is 0.00625. The number of esters is 1. The average molecular weight is 423 g/mol. The predicted molar refractivity (Wildman–Crippen MR) is 127 cm³/mol. The van der Waals surface area contributed by atoms with Crippen molar-refractivity contribution < 1.29 is 9.53 Å². The maximum absolute atomic E-state index is 12.7. The summed E-state index contributed by atoms with van der Waals surface area (Å²) in [5.74, 6) is -0.169. The molecule has 0 bridgehead atoms. The van der Waals surface area contributed by atoms with Gasteiger partial charge in [0.25, 0.3) is 0 Å². The van der Waals surface area contributed by atoms with Crippen molar-refractivity contribution in [3.05, 3.63) is 71.8 Å². The van der Waals surface area contributed by atoms with Crippen LogP contribution >= 0.6 is 0 Å². The molecule has 168 valence electrons. The minimum Gasteiger partial charge on any atom is -0.459 e. The zero-order valence-corrected chi connectivity index (χ0v) is 20.0. The van der Waals surface area contributed by atoms with Gasteiger partial charge >= 0.3 is 5.97 Å². The lowest BCUT2D eigenvalue weighted by Gasteiger charge is -2.53. The Morgan fingerprint density at radius 1 is 0.806 bits per heavy atom. The van der Waals surface area contributed by atoms with Crippen LogP contribution in [0.25, 0.3) is 0 Å². The molecule has 0 radical (unpaired) electrons. The third-order valence-electron chi connectivity index (χ3n) is 6.90. The van der Waals surface area contributed by atoms with Crippen molar-refractivity contribution in [2.45, 2.75) is 63.1 Å². The van der Waals surface area contributed by atoms with Crippen molar-refractivity contribution in [2.75, 3.05) is 27.7 Å². The first-order chi connectivity index (χ1) is 14.6. The standard InChI is InChI=1S/C27H38N2O2/c1-25(2,3)31-24(30)21-29(6)27(23-15-11-8-12-16-23)19-17-26(18-20-27,28(4)5)22-13-9-7-10-14-22/h7-16H,17-21H2,1-6H3. The van der Waals surface area contributed by atoms with Gasteiger partial charge in [-0.25, -0.2) is 0 Å². The summed E-state index contributed by atoms with van der Waals surface area (Å²) in [7, 11) is 6.45. The van der Waals surface area contributed by atoms with E-state index < -0.39 is 5.60 Å². The third-order valence-corrected chi connectivity index (χ3v) is 6.90. The number of ether oxygens (including phenoxy) is 1. The Kier molecular flexibility index (Phi) is 6.92. The van der Waals surface area contributed by atoms with E-state index in [1.165, 1.54) is 11.1 Å². The van der Waals surface area contributed by atoms with E-state index in [-0.39, 0.29) is 23.6 Å². The maximum atomic E-state index is 12.7. The molecule has 2 aromatic carbocycles. The minimum atomic E-state index is -0.474. The van der Waals surface area contributed by atoms with Gasteiger partial charge in [0.2, 0.25) is 0 Å². The van der Waals surface area contributed by atoms with Crippen LogP contribution in [0.2, 0.25) is 0 Å². The van der Waals surface area contributed by atoms with Crippen LogP contribution in [-0.4, -0.2) is 49.1 Å². The van der Waals surface area contributed by atoms with Crippen LogP contribution in [0.1, 0.15) is 57.6 Å². The lowest BCUT2D eigenvalue weighted by Crippen LogP contribution is -2.54. The Morgan fingerprint density at radius 3 is 1.65 bits per heavy atom. The number of benzene rings is 2. The number of hydrogen-bond acceptors (Lipinski definition) is 4. The fraction of sp³-hybridized carbons (Fsp3) is 0.519. The average Bonchev–Trinajstić information content (AvgIpc) is 2.73. The van der Waals surface area contributed by atoms with Gasteiger partial charge in [-0.1, -0.05) is 60.7 Å².